The molecule has 0 aliphatic rings. The monoisotopic (exact) mass is 1780 g/mol. The molecule has 3 N–H and O–H groups in total. The van der Waals surface area contributed by atoms with Crippen LogP contribution in [0.1, 0.15) is 220 Å². The zero-order valence-corrected chi connectivity index (χ0v) is 80.0. The normalized spacial score (nSPS) is 8.62. The number of esters is 6. The highest BCUT2D eigenvalue weighted by Crippen LogP contribution is 2.11. The van der Waals surface area contributed by atoms with Crippen LogP contribution in [0, 0.1) is 20.8 Å². The van der Waals surface area contributed by atoms with E-state index in [0.29, 0.717) is 70.0 Å². The van der Waals surface area contributed by atoms with Gasteiger partial charge in [0, 0.05) is 109 Å². The number of benzene rings is 2. The van der Waals surface area contributed by atoms with Crippen LogP contribution < -0.4 is 14.8 Å². The minimum absolute atomic E-state index is 0.0255. The highest BCUT2D eigenvalue weighted by molar-refractivity contribution is 8.11. The zero-order chi connectivity index (χ0) is 95.0. The Bertz CT molecular complexity index is 2740. The number of carboxylic acid groups (broad SMARTS) is 2. The average molecular weight is 1780 g/mol. The highest BCUT2D eigenvalue weighted by atomic mass is 32.1. The molecular formula is C84H150N2O29S4. The van der Waals surface area contributed by atoms with E-state index < -0.39 is 18.1 Å². The van der Waals surface area contributed by atoms with Crippen LogP contribution in [0.5, 0.6) is 11.5 Å². The number of nitrogens with one attached hydrogen (secondary N) is 1. The number of aromatic carboxylic acids is 1. The molecule has 0 saturated heterocycles. The van der Waals surface area contributed by atoms with Crippen molar-refractivity contribution in [3.05, 3.63) is 89.2 Å². The maximum Gasteiger partial charge on any atom is 0.505 e. The Morgan fingerprint density at radius 2 is 0.706 bits per heavy atom. The average Bonchev–Trinajstić information content (AvgIpc) is 0.934. The highest BCUT2D eigenvalue weighted by Gasteiger charge is 2.03. The first-order chi connectivity index (χ1) is 55.9. The number of unbranched alkanes of at least 4 members (excludes halogenated alkanes) is 6. The number of carboxylic acids is 1. The fraction of sp³-hybridized carbons (Fsp3) is 0.631. The number of nitrogens with zero attached hydrogens (tertiary/aromatic N) is 1. The summed E-state index contributed by atoms with van der Waals surface area (Å²) in [4.78, 5) is 124. The van der Waals surface area contributed by atoms with Crippen molar-refractivity contribution in [2.75, 3.05) is 144 Å². The molecule has 119 heavy (non-hydrogen) atoms. The van der Waals surface area contributed by atoms with E-state index in [1.807, 2.05) is 69.3 Å². The maximum atomic E-state index is 10.4. The Morgan fingerprint density at radius 1 is 0.387 bits per heavy atom. The molecule has 0 aliphatic heterocycles. The Kier molecular flexibility index (Phi) is 139. The van der Waals surface area contributed by atoms with Gasteiger partial charge in [0.15, 0.2) is 0 Å². The predicted molar refractivity (Wildman–Crippen MR) is 481 cm³/mol. The lowest BCUT2D eigenvalue weighted by molar-refractivity contribution is -0.144. The van der Waals surface area contributed by atoms with Gasteiger partial charge in [-0.1, -0.05) is 140 Å². The van der Waals surface area contributed by atoms with Crippen molar-refractivity contribution < 1.29 is 139 Å². The van der Waals surface area contributed by atoms with E-state index in [0.717, 1.165) is 82.3 Å². The predicted octanol–water partition coefficient (Wildman–Crippen LogP) is 16.1. The molecular weight excluding hydrogens is 1630 g/mol. The second kappa shape index (κ2) is 118. The number of Topliss-reactive ketones (excluding diaryl/α,β-unsaturated/α-hetero) is 4. The lowest BCUT2D eigenvalue weighted by atomic mass is 10.2. The van der Waals surface area contributed by atoms with Gasteiger partial charge in [0.05, 0.1) is 88.2 Å². The molecule has 0 radical (unpaired) electrons. The second-order valence-electron chi connectivity index (χ2n) is 23.0. The first kappa shape index (κ1) is 140. The van der Waals surface area contributed by atoms with Crippen molar-refractivity contribution in [3.63, 3.8) is 0 Å². The van der Waals surface area contributed by atoms with Gasteiger partial charge in [0.1, 0.15) is 57.7 Å². The lowest BCUT2D eigenvalue weighted by Crippen LogP contribution is -2.06. The number of rotatable bonds is 33. The molecule has 0 atom stereocenters. The van der Waals surface area contributed by atoms with Crippen LogP contribution in [0.3, 0.4) is 0 Å². The number of carbonyl (C=O) groups is 12. The molecule has 0 unspecified atom stereocenters. The SMILES string of the molecule is CCC(=O)CC(C)=O.CCC(C)=O.CCCCCOC.CCCCCOC(C)=O.CCCCOC(C)=O.CCCOC(C)=O.CNC(=S)S.COC(=O)CC(C)=O.COC(=O)O.COC(=S)S.COC(C)=O.COCCCCOC(C)=O.COCCOC.COCCOc1ccc(C)cc1.COc1ccc(C)cc1.Cc1ccc(C(=O)O)nc1. The van der Waals surface area contributed by atoms with Crippen LogP contribution in [0.2, 0.25) is 0 Å². The first-order valence-corrected chi connectivity index (χ1v) is 39.7. The Balaban J connectivity index is -0.0000000922. The van der Waals surface area contributed by atoms with Gasteiger partial charge in [-0.3, -0.25) is 43.2 Å². The summed E-state index contributed by atoms with van der Waals surface area (Å²) < 4.78 is 69.9. The number of methoxy groups -OCH3 is 10. The Morgan fingerprint density at radius 3 is 0.933 bits per heavy atom. The third-order valence-electron chi connectivity index (χ3n) is 11.6. The molecule has 0 amide bonds. The van der Waals surface area contributed by atoms with Crippen molar-refractivity contribution >= 4 is 129 Å². The molecule has 3 rings (SSSR count). The zero-order valence-electron chi connectivity index (χ0n) is 76.6. The van der Waals surface area contributed by atoms with Crippen LogP contribution in [0.15, 0.2) is 66.9 Å². The molecule has 0 aliphatic carbocycles. The van der Waals surface area contributed by atoms with Crippen LogP contribution >= 0.6 is 49.7 Å². The molecule has 0 fully saturated rings. The summed E-state index contributed by atoms with van der Waals surface area (Å²) in [7, 11) is 17.0. The summed E-state index contributed by atoms with van der Waals surface area (Å²) in [6.45, 7) is 35.8. The lowest BCUT2D eigenvalue weighted by Gasteiger charge is -2.04. The van der Waals surface area contributed by atoms with Gasteiger partial charge in [0.25, 0.3) is 0 Å². The summed E-state index contributed by atoms with van der Waals surface area (Å²) in [6, 6.07) is 19.1. The topological polar surface area (TPSA) is 409 Å². The van der Waals surface area contributed by atoms with Gasteiger partial charge < -0.3 is 91.4 Å². The molecule has 3 aromatic rings. The molecule has 31 nitrogen and oxygen atoms in total. The van der Waals surface area contributed by atoms with Gasteiger partial charge in [-0.15, -0.1) is 12.6 Å². The number of hydrogen-bond acceptors (Lipinski definition) is 30. The summed E-state index contributed by atoms with van der Waals surface area (Å²) >= 11 is 16.1. The van der Waals surface area contributed by atoms with Crippen molar-refractivity contribution in [1.82, 2.24) is 10.3 Å². The number of aryl methyl sites for hydroxylation is 3. The van der Waals surface area contributed by atoms with Crippen molar-refractivity contribution in [2.45, 2.75) is 214 Å². The smallest absolute Gasteiger partial charge is 0.497 e. The molecule has 35 heteroatoms. The maximum absolute atomic E-state index is 10.4. The minimum atomic E-state index is -1.25. The van der Waals surface area contributed by atoms with E-state index in [2.05, 4.69) is 133 Å². The van der Waals surface area contributed by atoms with Gasteiger partial charge in [-0.25, -0.2) is 14.6 Å². The molecule has 0 spiro atoms. The van der Waals surface area contributed by atoms with Crippen LogP contribution in [-0.4, -0.2) is 239 Å². The number of thiol groups is 2. The van der Waals surface area contributed by atoms with Gasteiger partial charge in [0.2, 0.25) is 4.38 Å². The van der Waals surface area contributed by atoms with E-state index in [9.17, 15) is 52.7 Å². The summed E-state index contributed by atoms with van der Waals surface area (Å²) in [5, 5.41) is 18.5. The fourth-order valence-corrected chi connectivity index (χ4v) is 5.23. The van der Waals surface area contributed by atoms with Crippen molar-refractivity contribution in [3.8, 4) is 11.5 Å². The summed E-state index contributed by atoms with van der Waals surface area (Å²) in [5.41, 5.74) is 3.56. The number of ether oxygens (including phenoxy) is 15. The van der Waals surface area contributed by atoms with Crippen LogP contribution in [0.4, 0.5) is 4.79 Å². The van der Waals surface area contributed by atoms with Crippen molar-refractivity contribution in [1.29, 1.82) is 0 Å². The molecule has 2 aromatic carbocycles. The van der Waals surface area contributed by atoms with Crippen molar-refractivity contribution in [2.24, 2.45) is 0 Å². The minimum Gasteiger partial charge on any atom is -0.497 e. The molecule has 0 saturated carbocycles. The largest absolute Gasteiger partial charge is 0.505 e. The van der Waals surface area contributed by atoms with E-state index in [4.69, 9.17) is 48.2 Å². The molecule has 1 aromatic heterocycles. The van der Waals surface area contributed by atoms with Crippen LogP contribution in [0.25, 0.3) is 0 Å². The number of aromatic nitrogens is 1. The number of hydrogen-bond donors (Lipinski definition) is 5. The quantitative estimate of drug-likeness (QED) is 0.00944. The third kappa shape index (κ3) is 182. The standard InChI is InChI=1S/C10H14O2.C8H10O.C7H7NO2.C7H14O3.C7H14O2.C6H10O2.C6H12O2.C6H14O.C5H8O3.C5H10O2.C4H10O2.C4H8O.C3H6O2.C2H5NS2.C2H4O3.C2H4OS2/c1-9-3-5-10(6-4-9)12-8-7-11-2;1-7-3-5-8(9-2)6-4-7;1-5-2-3-6(7(9)10)8-4-5;1-7(8)10-6-4-3-5-9-2;1-3-4-5-6-9-7(2)8;1-3-6(8)4-5(2)7;1-3-4-5-8-6(2)7;1-3-4-5-6-7-2;1-4(6)3-5(7)8-2;1-3-4-7-5(2)6;1-5-3-4-6-2;1-3-4(2)5;1-3(4)5-2;1-3-2(4)5;1-5-2(3)4;1-3-2(4)5/h3-6H,7-8H2,1-2H3;3-6H,1-2H3;2-4H,1H3,(H,9,10);3-6H2,1-2H3;3-6H2,1-2H3;3-4H2,1-2H3;3-5H2,1-2H3;3-6H2,1-2H3;3H2,1-2H3;3-4H2,1-2H3;3-4H2,1-2H3;3H2,1-2H3;1-2H3;1H3,(H2,3,4,5);1H3,(H,3,4);1H3,(H,4,5). The number of carbonyl (C=O) groups excluding carboxylic acids is 10. The fourth-order valence-electron chi connectivity index (χ4n) is 5.23. The van der Waals surface area contributed by atoms with E-state index >= 15 is 0 Å². The number of pyridine rings is 1. The molecule has 694 valence electrons. The van der Waals surface area contributed by atoms with E-state index in [1.54, 1.807) is 69.6 Å². The summed E-state index contributed by atoms with van der Waals surface area (Å²) in [6.07, 6.45) is 13.3. The second-order valence-corrected chi connectivity index (χ2v) is 25.2. The van der Waals surface area contributed by atoms with Gasteiger partial charge >= 0.3 is 47.9 Å². The summed E-state index contributed by atoms with van der Waals surface area (Å²) in [5.74, 6) is -0.583. The number of thiocarbonyl (C=S) groups is 2. The van der Waals surface area contributed by atoms with Crippen LogP contribution in [-0.2, 0) is 110 Å². The van der Waals surface area contributed by atoms with Gasteiger partial charge in [-0.2, -0.15) is 0 Å². The van der Waals surface area contributed by atoms with E-state index in [-0.39, 0.29) is 75.9 Å². The third-order valence-corrected chi connectivity index (χ3v) is 12.4. The molecule has 1 heterocycles. The number of ketones is 4. The van der Waals surface area contributed by atoms with Gasteiger partial charge in [-0.05, 0) is 128 Å². The molecule has 0 bridgehead atoms. The Labute approximate surface area is 733 Å². The Hall–Kier alpha value is -8.29. The van der Waals surface area contributed by atoms with E-state index in [1.165, 1.54) is 119 Å². The first-order valence-electron chi connectivity index (χ1n) is 38.0.